The van der Waals surface area contributed by atoms with E-state index >= 15 is 0 Å². The van der Waals surface area contributed by atoms with Crippen molar-refractivity contribution in [3.63, 3.8) is 0 Å². The maximum absolute atomic E-state index is 14.1. The zero-order valence-electron chi connectivity index (χ0n) is 34.1. The first-order valence-electron chi connectivity index (χ1n) is 18.9. The molecular formula is C46H38N8O9. The van der Waals surface area contributed by atoms with Crippen molar-refractivity contribution in [2.24, 2.45) is 31.9 Å². The van der Waals surface area contributed by atoms with Gasteiger partial charge in [-0.1, -0.05) is 48.5 Å². The molecule has 0 radical (unpaired) electrons. The summed E-state index contributed by atoms with van der Waals surface area (Å²) in [5, 5.41) is 47.8. The molecule has 0 heterocycles. The van der Waals surface area contributed by atoms with Gasteiger partial charge in [-0.25, -0.2) is 0 Å². The number of anilines is 2. The molecule has 0 saturated carbocycles. The van der Waals surface area contributed by atoms with Gasteiger partial charge < -0.3 is 46.5 Å². The van der Waals surface area contributed by atoms with Crippen LogP contribution < -0.4 is 36.3 Å². The second-order valence-electron chi connectivity index (χ2n) is 13.9. The largest absolute Gasteiger partial charge is 0.505 e. The van der Waals surface area contributed by atoms with Gasteiger partial charge in [-0.2, -0.15) is 0 Å². The van der Waals surface area contributed by atoms with Crippen molar-refractivity contribution in [2.45, 2.75) is 6.92 Å². The van der Waals surface area contributed by atoms with E-state index in [1.807, 2.05) is 0 Å². The molecule has 0 aliphatic carbocycles. The zero-order chi connectivity index (χ0) is 44.9. The third kappa shape index (κ3) is 8.60. The van der Waals surface area contributed by atoms with E-state index in [1.54, 1.807) is 61.5 Å². The van der Waals surface area contributed by atoms with Crippen LogP contribution in [0.5, 0.6) is 28.7 Å². The van der Waals surface area contributed by atoms with E-state index in [9.17, 15) is 29.4 Å². The van der Waals surface area contributed by atoms with Crippen molar-refractivity contribution in [3.8, 4) is 28.7 Å². The minimum absolute atomic E-state index is 0.0309. The summed E-state index contributed by atoms with van der Waals surface area (Å²) in [5.41, 5.74) is 12.0. The average Bonchev–Trinajstić information content (AvgIpc) is 3.28. The Balaban J connectivity index is 1.22. The van der Waals surface area contributed by atoms with E-state index in [0.29, 0.717) is 27.1 Å². The van der Waals surface area contributed by atoms with E-state index in [4.69, 9.17) is 25.7 Å². The van der Waals surface area contributed by atoms with Crippen LogP contribution in [-0.2, 0) is 0 Å². The summed E-state index contributed by atoms with van der Waals surface area (Å²) in [5.74, 6) is -3.07. The molecule has 7 aromatic rings. The van der Waals surface area contributed by atoms with E-state index < -0.39 is 35.1 Å². The number of hydrogen-bond donors (Lipinski definition) is 6. The maximum atomic E-state index is 14.1. The van der Waals surface area contributed by atoms with Gasteiger partial charge in [0.1, 0.15) is 40.0 Å². The van der Waals surface area contributed by atoms with Gasteiger partial charge >= 0.3 is 0 Å². The van der Waals surface area contributed by atoms with Gasteiger partial charge in [0.2, 0.25) is 11.8 Å². The van der Waals surface area contributed by atoms with Gasteiger partial charge in [-0.05, 0) is 83.9 Å². The van der Waals surface area contributed by atoms with Crippen LogP contribution >= 0.6 is 0 Å². The highest BCUT2D eigenvalue weighted by molar-refractivity contribution is 6.14. The molecule has 0 atom stereocenters. The Labute approximate surface area is 358 Å². The summed E-state index contributed by atoms with van der Waals surface area (Å²) in [7, 11) is 4.24. The van der Waals surface area contributed by atoms with Crippen LogP contribution in [0, 0.1) is 6.92 Å². The van der Waals surface area contributed by atoms with Crippen LogP contribution in [0.3, 0.4) is 0 Å². The second kappa shape index (κ2) is 17.8. The number of carbonyl (C=O) groups excluding carboxylic acids is 4. The van der Waals surface area contributed by atoms with Crippen LogP contribution in [0.15, 0.2) is 130 Å². The highest BCUT2D eigenvalue weighted by Gasteiger charge is 2.23. The molecule has 316 valence electrons. The molecule has 17 nitrogen and oxygen atoms in total. The van der Waals surface area contributed by atoms with Crippen LogP contribution in [0.1, 0.15) is 47.0 Å². The molecule has 7 aromatic carbocycles. The topological polar surface area (TPSA) is 262 Å². The van der Waals surface area contributed by atoms with Crippen LogP contribution in [0.4, 0.5) is 34.1 Å². The predicted molar refractivity (Wildman–Crippen MR) is 236 cm³/mol. The van der Waals surface area contributed by atoms with E-state index in [2.05, 4.69) is 31.1 Å². The molecule has 7 rings (SSSR count). The Kier molecular flexibility index (Phi) is 11.9. The van der Waals surface area contributed by atoms with E-state index in [0.717, 1.165) is 0 Å². The lowest BCUT2D eigenvalue weighted by Crippen LogP contribution is -2.16. The second-order valence-corrected chi connectivity index (χ2v) is 13.9. The van der Waals surface area contributed by atoms with Gasteiger partial charge in [0.05, 0.1) is 38.1 Å². The zero-order valence-corrected chi connectivity index (χ0v) is 34.1. The van der Waals surface area contributed by atoms with Crippen LogP contribution in [0.2, 0.25) is 0 Å². The quantitative estimate of drug-likeness (QED) is 0.0603. The predicted octanol–water partition coefficient (Wildman–Crippen LogP) is 9.27. The minimum atomic E-state index is -0.761. The standard InChI is InChI=1S/C46H38N8O9/c1-23-17-38(63-4)33(50-46(60)31-19-25-10-6-8-12-29(25)40(42(31)56)54-52-35-21-27(44(48)58)14-16-37(35)62-3)22-32(23)49-45(59)30-18-24-9-5-7-11-28(24)39(41(30)55)53-51-34-20-26(43(47)57)13-15-36(34)61-2/h5-22,55-56H,1-4H3,(H2,47,57)(H2,48,58)(H,49,59)(H,50,60). The van der Waals surface area contributed by atoms with Crippen molar-refractivity contribution in [1.29, 1.82) is 0 Å². The van der Waals surface area contributed by atoms with Crippen LogP contribution in [-0.4, -0.2) is 55.2 Å². The summed E-state index contributed by atoms with van der Waals surface area (Å²) in [6.45, 7) is 1.71. The molecule has 8 N–H and O–H groups in total. The lowest BCUT2D eigenvalue weighted by atomic mass is 10.0. The number of carbonyl (C=O) groups is 4. The Bertz CT molecular complexity index is 3080. The molecule has 17 heteroatoms. The summed E-state index contributed by atoms with van der Waals surface area (Å²) < 4.78 is 16.3. The number of primary amides is 2. The van der Waals surface area contributed by atoms with Gasteiger partial charge in [-0.3, -0.25) is 19.2 Å². The molecule has 0 aromatic heterocycles. The Morgan fingerprint density at radius 1 is 0.524 bits per heavy atom. The highest BCUT2D eigenvalue weighted by Crippen LogP contribution is 2.43. The fourth-order valence-corrected chi connectivity index (χ4v) is 6.70. The lowest BCUT2D eigenvalue weighted by molar-refractivity contribution is 0.0992. The van der Waals surface area contributed by atoms with Gasteiger partial charge in [0.15, 0.2) is 11.5 Å². The van der Waals surface area contributed by atoms with E-state index in [-0.39, 0.29) is 73.6 Å². The van der Waals surface area contributed by atoms with Crippen molar-refractivity contribution in [1.82, 2.24) is 0 Å². The number of aryl methyl sites for hydroxylation is 1. The Morgan fingerprint density at radius 2 is 0.952 bits per heavy atom. The van der Waals surface area contributed by atoms with Crippen molar-refractivity contribution < 1.29 is 43.6 Å². The van der Waals surface area contributed by atoms with Crippen molar-refractivity contribution >= 4 is 79.3 Å². The maximum Gasteiger partial charge on any atom is 0.259 e. The number of ether oxygens (including phenoxy) is 3. The number of aromatic hydroxyl groups is 2. The number of hydrogen-bond acceptors (Lipinski definition) is 13. The summed E-state index contributed by atoms with van der Waals surface area (Å²) in [6, 6.07) is 28.6. The molecular weight excluding hydrogens is 809 g/mol. The van der Waals surface area contributed by atoms with E-state index in [1.165, 1.54) is 75.9 Å². The number of amides is 4. The number of nitrogens with zero attached hydrogens (tertiary/aromatic N) is 4. The first-order chi connectivity index (χ1) is 30.3. The number of nitrogens with one attached hydrogen (secondary N) is 2. The number of azo groups is 2. The molecule has 0 aliphatic heterocycles. The fourth-order valence-electron chi connectivity index (χ4n) is 6.70. The number of fused-ring (bicyclic) bond motifs is 2. The monoisotopic (exact) mass is 846 g/mol. The third-order valence-electron chi connectivity index (χ3n) is 9.96. The van der Waals surface area contributed by atoms with Crippen molar-refractivity contribution in [3.05, 3.63) is 137 Å². The molecule has 4 amide bonds. The Hall–Kier alpha value is -8.86. The number of phenols is 2. The molecule has 0 bridgehead atoms. The number of benzene rings is 7. The van der Waals surface area contributed by atoms with Gasteiger partial charge in [0.25, 0.3) is 11.8 Å². The van der Waals surface area contributed by atoms with Crippen molar-refractivity contribution in [2.75, 3.05) is 32.0 Å². The Morgan fingerprint density at radius 3 is 1.38 bits per heavy atom. The normalized spacial score (nSPS) is 11.2. The summed E-state index contributed by atoms with van der Waals surface area (Å²) >= 11 is 0. The molecule has 0 unspecified atom stereocenters. The first-order valence-corrected chi connectivity index (χ1v) is 18.9. The number of phenolic OH excluding ortho intramolecular Hbond substituents is 2. The molecule has 63 heavy (non-hydrogen) atoms. The van der Waals surface area contributed by atoms with Gasteiger partial charge in [-0.15, -0.1) is 20.5 Å². The summed E-state index contributed by atoms with van der Waals surface area (Å²) in [4.78, 5) is 51.8. The molecule has 0 fully saturated rings. The minimum Gasteiger partial charge on any atom is -0.505 e. The highest BCUT2D eigenvalue weighted by atomic mass is 16.5. The molecule has 0 saturated heterocycles. The number of rotatable bonds is 13. The third-order valence-corrected chi connectivity index (χ3v) is 9.96. The average molecular weight is 847 g/mol. The smallest absolute Gasteiger partial charge is 0.259 e. The van der Waals surface area contributed by atoms with Gasteiger partial charge in [0, 0.05) is 27.6 Å². The molecule has 0 aliphatic rings. The lowest BCUT2D eigenvalue weighted by Gasteiger charge is -2.17. The fraction of sp³-hybridized carbons (Fsp3) is 0.0870. The summed E-state index contributed by atoms with van der Waals surface area (Å²) in [6.07, 6.45) is 0. The molecule has 0 spiro atoms. The number of nitrogens with two attached hydrogens (primary N) is 2. The SMILES string of the molecule is COc1ccc(C(N)=O)cc1N=Nc1c(O)c(C(=O)Nc2cc(NC(=O)c3cc4ccccc4c(N=Nc4cc(C(N)=O)ccc4OC)c3O)c(OC)cc2C)cc2ccccc12. The first kappa shape index (κ1) is 42.3. The van der Waals surface area contributed by atoms with Crippen LogP contribution in [0.25, 0.3) is 21.5 Å². The number of methoxy groups -OCH3 is 3.